The van der Waals surface area contributed by atoms with E-state index < -0.39 is 0 Å². The standard InChI is InChI=1S/C14H24O2/c1-11(2)9-14(6-3-4-7-14)13(15)12-5-8-16-10-12/h11-12H,3-10H2,1-2H3. The van der Waals surface area contributed by atoms with Gasteiger partial charge in [-0.2, -0.15) is 0 Å². The first-order valence-corrected chi connectivity index (χ1v) is 6.76. The van der Waals surface area contributed by atoms with Crippen molar-refractivity contribution in [3.63, 3.8) is 0 Å². The van der Waals surface area contributed by atoms with E-state index in [1.54, 1.807) is 0 Å². The van der Waals surface area contributed by atoms with Crippen LogP contribution in [0.5, 0.6) is 0 Å². The number of Topliss-reactive ketones (excluding diaryl/α,β-unsaturated/α-hetero) is 1. The molecule has 1 aliphatic carbocycles. The predicted molar refractivity (Wildman–Crippen MR) is 64.3 cm³/mol. The van der Waals surface area contributed by atoms with E-state index in [1.807, 2.05) is 0 Å². The van der Waals surface area contributed by atoms with E-state index >= 15 is 0 Å². The number of ether oxygens (including phenoxy) is 1. The van der Waals surface area contributed by atoms with Crippen molar-refractivity contribution >= 4 is 5.78 Å². The molecule has 2 rings (SSSR count). The molecule has 2 fully saturated rings. The first kappa shape index (κ1) is 12.1. The topological polar surface area (TPSA) is 26.3 Å². The van der Waals surface area contributed by atoms with Crippen molar-refractivity contribution in [2.24, 2.45) is 17.3 Å². The molecule has 0 amide bonds. The molecule has 1 saturated carbocycles. The molecular formula is C14H24O2. The van der Waals surface area contributed by atoms with Gasteiger partial charge in [-0.3, -0.25) is 4.79 Å². The lowest BCUT2D eigenvalue weighted by Gasteiger charge is -2.31. The molecule has 2 heteroatoms. The van der Waals surface area contributed by atoms with Gasteiger partial charge in [-0.1, -0.05) is 26.7 Å². The van der Waals surface area contributed by atoms with Gasteiger partial charge in [0.15, 0.2) is 0 Å². The molecule has 92 valence electrons. The molecule has 1 saturated heterocycles. The second kappa shape index (κ2) is 4.87. The molecule has 1 atom stereocenters. The van der Waals surface area contributed by atoms with Crippen LogP contribution in [0.15, 0.2) is 0 Å². The molecule has 0 aromatic heterocycles. The summed E-state index contributed by atoms with van der Waals surface area (Å²) in [4.78, 5) is 12.6. The van der Waals surface area contributed by atoms with E-state index in [0.717, 1.165) is 32.3 Å². The van der Waals surface area contributed by atoms with E-state index in [0.29, 0.717) is 18.3 Å². The Labute approximate surface area is 98.7 Å². The monoisotopic (exact) mass is 224 g/mol. The third kappa shape index (κ3) is 2.32. The lowest BCUT2D eigenvalue weighted by Crippen LogP contribution is -2.35. The molecule has 0 radical (unpaired) electrons. The molecule has 1 heterocycles. The predicted octanol–water partition coefficient (Wildman–Crippen LogP) is 3.20. The van der Waals surface area contributed by atoms with Gasteiger partial charge in [0.2, 0.25) is 0 Å². The van der Waals surface area contributed by atoms with Crippen molar-refractivity contribution in [1.29, 1.82) is 0 Å². The smallest absolute Gasteiger partial charge is 0.144 e. The molecule has 1 aliphatic heterocycles. The van der Waals surface area contributed by atoms with Crippen LogP contribution in [0.2, 0.25) is 0 Å². The summed E-state index contributed by atoms with van der Waals surface area (Å²) in [6.07, 6.45) is 6.78. The van der Waals surface area contributed by atoms with Crippen LogP contribution in [0, 0.1) is 17.3 Å². The minimum Gasteiger partial charge on any atom is -0.381 e. The minimum absolute atomic E-state index is 0.0204. The lowest BCUT2D eigenvalue weighted by atomic mass is 9.71. The Morgan fingerprint density at radius 2 is 2.06 bits per heavy atom. The summed E-state index contributed by atoms with van der Waals surface area (Å²) in [6, 6.07) is 0. The van der Waals surface area contributed by atoms with Gasteiger partial charge >= 0.3 is 0 Å². The fraction of sp³-hybridized carbons (Fsp3) is 0.929. The van der Waals surface area contributed by atoms with E-state index in [2.05, 4.69) is 13.8 Å². The molecule has 0 N–H and O–H groups in total. The van der Waals surface area contributed by atoms with Crippen molar-refractivity contribution in [1.82, 2.24) is 0 Å². The fourth-order valence-electron chi connectivity index (χ4n) is 3.56. The van der Waals surface area contributed by atoms with Gasteiger partial charge in [-0.15, -0.1) is 0 Å². The van der Waals surface area contributed by atoms with Crippen molar-refractivity contribution in [2.45, 2.75) is 52.4 Å². The van der Waals surface area contributed by atoms with Gasteiger partial charge in [0.25, 0.3) is 0 Å². The van der Waals surface area contributed by atoms with Crippen LogP contribution in [-0.4, -0.2) is 19.0 Å². The Morgan fingerprint density at radius 3 is 2.56 bits per heavy atom. The zero-order valence-corrected chi connectivity index (χ0v) is 10.6. The van der Waals surface area contributed by atoms with Gasteiger partial charge in [-0.05, 0) is 31.6 Å². The van der Waals surface area contributed by atoms with Gasteiger partial charge in [0.05, 0.1) is 6.61 Å². The largest absolute Gasteiger partial charge is 0.381 e. The summed E-state index contributed by atoms with van der Waals surface area (Å²) in [5.41, 5.74) is 0.0204. The average molecular weight is 224 g/mol. The first-order valence-electron chi connectivity index (χ1n) is 6.76. The second-order valence-corrected chi connectivity index (χ2v) is 6.01. The van der Waals surface area contributed by atoms with Crippen LogP contribution in [0.3, 0.4) is 0 Å². The molecule has 2 aliphatic rings. The Bertz CT molecular complexity index is 245. The highest BCUT2D eigenvalue weighted by atomic mass is 16.5. The number of hydrogen-bond donors (Lipinski definition) is 0. The van der Waals surface area contributed by atoms with Gasteiger partial charge in [0.1, 0.15) is 5.78 Å². The maximum Gasteiger partial charge on any atom is 0.144 e. The number of rotatable bonds is 4. The summed E-state index contributed by atoms with van der Waals surface area (Å²) < 4.78 is 5.37. The second-order valence-electron chi connectivity index (χ2n) is 6.01. The zero-order chi connectivity index (χ0) is 11.6. The van der Waals surface area contributed by atoms with E-state index in [9.17, 15) is 4.79 Å². The van der Waals surface area contributed by atoms with Gasteiger partial charge in [-0.25, -0.2) is 0 Å². The van der Waals surface area contributed by atoms with Crippen LogP contribution in [0.1, 0.15) is 52.4 Å². The van der Waals surface area contributed by atoms with Crippen LogP contribution in [0.25, 0.3) is 0 Å². The van der Waals surface area contributed by atoms with Crippen LogP contribution in [-0.2, 0) is 9.53 Å². The van der Waals surface area contributed by atoms with Crippen LogP contribution in [0.4, 0.5) is 0 Å². The number of carbonyl (C=O) groups excluding carboxylic acids is 1. The maximum absolute atomic E-state index is 12.6. The number of hydrogen-bond acceptors (Lipinski definition) is 2. The molecule has 0 spiro atoms. The van der Waals surface area contributed by atoms with Crippen molar-refractivity contribution in [3.8, 4) is 0 Å². The van der Waals surface area contributed by atoms with Crippen molar-refractivity contribution in [3.05, 3.63) is 0 Å². The lowest BCUT2D eigenvalue weighted by molar-refractivity contribution is -0.133. The Hall–Kier alpha value is -0.370. The van der Waals surface area contributed by atoms with Gasteiger partial charge in [0, 0.05) is 17.9 Å². The normalized spacial score (nSPS) is 28.8. The zero-order valence-electron chi connectivity index (χ0n) is 10.6. The molecule has 16 heavy (non-hydrogen) atoms. The maximum atomic E-state index is 12.6. The van der Waals surface area contributed by atoms with E-state index in [1.165, 1.54) is 12.8 Å². The molecule has 0 aromatic carbocycles. The summed E-state index contributed by atoms with van der Waals surface area (Å²) in [5, 5.41) is 0. The van der Waals surface area contributed by atoms with Crippen molar-refractivity contribution in [2.75, 3.05) is 13.2 Å². The average Bonchev–Trinajstić information content (AvgIpc) is 2.85. The molecular weight excluding hydrogens is 200 g/mol. The molecule has 0 bridgehead atoms. The summed E-state index contributed by atoms with van der Waals surface area (Å²) in [7, 11) is 0. The molecule has 1 unspecified atom stereocenters. The van der Waals surface area contributed by atoms with Crippen LogP contribution >= 0.6 is 0 Å². The third-order valence-electron chi connectivity index (χ3n) is 4.18. The van der Waals surface area contributed by atoms with Crippen LogP contribution < -0.4 is 0 Å². The Balaban J connectivity index is 2.08. The molecule has 2 nitrogen and oxygen atoms in total. The Morgan fingerprint density at radius 1 is 1.38 bits per heavy atom. The highest BCUT2D eigenvalue weighted by Gasteiger charge is 2.44. The Kier molecular flexibility index (Phi) is 3.68. The highest BCUT2D eigenvalue weighted by Crippen LogP contribution is 2.46. The van der Waals surface area contributed by atoms with Crippen molar-refractivity contribution < 1.29 is 9.53 Å². The fourth-order valence-corrected chi connectivity index (χ4v) is 3.56. The minimum atomic E-state index is 0.0204. The number of carbonyl (C=O) groups is 1. The third-order valence-corrected chi connectivity index (χ3v) is 4.18. The quantitative estimate of drug-likeness (QED) is 0.733. The summed E-state index contributed by atoms with van der Waals surface area (Å²) in [6.45, 7) is 5.93. The SMILES string of the molecule is CC(C)CC1(C(=O)C2CCOC2)CCCC1. The highest BCUT2D eigenvalue weighted by molar-refractivity contribution is 5.87. The van der Waals surface area contributed by atoms with E-state index in [4.69, 9.17) is 4.74 Å². The van der Waals surface area contributed by atoms with Gasteiger partial charge < -0.3 is 4.74 Å². The molecule has 0 aromatic rings. The number of ketones is 1. The first-order chi connectivity index (χ1) is 7.64. The summed E-state index contributed by atoms with van der Waals surface area (Å²) in [5.74, 6) is 1.36. The summed E-state index contributed by atoms with van der Waals surface area (Å²) >= 11 is 0. The van der Waals surface area contributed by atoms with E-state index in [-0.39, 0.29) is 11.3 Å².